The molecule has 0 aliphatic heterocycles. The highest BCUT2D eigenvalue weighted by Crippen LogP contribution is 2.24. The lowest BCUT2D eigenvalue weighted by Gasteiger charge is -1.99. The van der Waals surface area contributed by atoms with Crippen molar-refractivity contribution in [1.82, 2.24) is 10.1 Å². The first kappa shape index (κ1) is 13.3. The molecule has 5 heteroatoms. The first-order chi connectivity index (χ1) is 10.3. The van der Waals surface area contributed by atoms with Gasteiger partial charge in [-0.25, -0.2) is 0 Å². The minimum absolute atomic E-state index is 0.490. The Balaban J connectivity index is 1.87. The van der Waals surface area contributed by atoms with Crippen LogP contribution in [0.5, 0.6) is 5.75 Å². The fourth-order valence-electron chi connectivity index (χ4n) is 1.98. The molecule has 1 heterocycles. The Bertz CT molecular complexity index is 656. The number of methoxy groups -OCH3 is 1. The van der Waals surface area contributed by atoms with Gasteiger partial charge >= 0.3 is 0 Å². The lowest BCUT2D eigenvalue weighted by atomic mass is 10.1. The number of rotatable bonds is 4. The van der Waals surface area contributed by atoms with Gasteiger partial charge in [0.1, 0.15) is 5.75 Å². The summed E-state index contributed by atoms with van der Waals surface area (Å²) < 4.78 is 10.4. The highest BCUT2D eigenvalue weighted by Gasteiger charge is 2.10. The van der Waals surface area contributed by atoms with Crippen LogP contribution in [-0.4, -0.2) is 17.3 Å². The van der Waals surface area contributed by atoms with E-state index in [2.05, 4.69) is 10.1 Å². The third-order valence-electron chi connectivity index (χ3n) is 3.21. The molecule has 21 heavy (non-hydrogen) atoms. The summed E-state index contributed by atoms with van der Waals surface area (Å²) in [7, 11) is 1.63. The van der Waals surface area contributed by atoms with Gasteiger partial charge in [-0.05, 0) is 42.0 Å². The van der Waals surface area contributed by atoms with E-state index in [-0.39, 0.29) is 0 Å². The smallest absolute Gasteiger partial charge is 0.258 e. The molecule has 0 saturated carbocycles. The van der Waals surface area contributed by atoms with Crippen LogP contribution in [0.15, 0.2) is 53.1 Å². The van der Waals surface area contributed by atoms with Crippen molar-refractivity contribution in [3.63, 3.8) is 0 Å². The topological polar surface area (TPSA) is 74.2 Å². The summed E-state index contributed by atoms with van der Waals surface area (Å²) in [5.74, 6) is 1.83. The zero-order chi connectivity index (χ0) is 14.7. The zero-order valence-corrected chi connectivity index (χ0v) is 11.6. The van der Waals surface area contributed by atoms with Crippen LogP contribution in [-0.2, 0) is 6.54 Å². The number of ether oxygens (including phenoxy) is 1. The van der Waals surface area contributed by atoms with E-state index >= 15 is 0 Å². The standard InChI is InChI=1S/C16H15N3O2/c1-20-14-8-6-12(7-9-14)15-18-16(21-19-15)13-4-2-11(10-17)3-5-13/h2-9H,10,17H2,1H3. The molecule has 0 fully saturated rings. The molecule has 0 unspecified atom stereocenters. The van der Waals surface area contributed by atoms with E-state index in [0.717, 1.165) is 22.4 Å². The maximum absolute atomic E-state index is 5.58. The quantitative estimate of drug-likeness (QED) is 0.796. The van der Waals surface area contributed by atoms with Crippen LogP contribution in [0.3, 0.4) is 0 Å². The van der Waals surface area contributed by atoms with Gasteiger partial charge in [-0.15, -0.1) is 0 Å². The zero-order valence-electron chi connectivity index (χ0n) is 11.6. The molecular weight excluding hydrogens is 266 g/mol. The summed E-state index contributed by atoms with van der Waals surface area (Å²) in [5, 5.41) is 4.01. The summed E-state index contributed by atoms with van der Waals surface area (Å²) in [6.45, 7) is 0.515. The minimum Gasteiger partial charge on any atom is -0.497 e. The molecule has 0 atom stereocenters. The van der Waals surface area contributed by atoms with Gasteiger partial charge in [-0.3, -0.25) is 0 Å². The molecule has 2 aromatic carbocycles. The summed E-state index contributed by atoms with van der Waals surface area (Å²) in [4.78, 5) is 4.41. The molecule has 0 aliphatic carbocycles. The van der Waals surface area contributed by atoms with E-state index in [1.165, 1.54) is 0 Å². The molecule has 3 aromatic rings. The van der Waals surface area contributed by atoms with Gasteiger partial charge in [0.05, 0.1) is 7.11 Å². The fourth-order valence-corrected chi connectivity index (χ4v) is 1.98. The predicted octanol–water partition coefficient (Wildman–Crippen LogP) is 2.87. The Morgan fingerprint density at radius 3 is 2.29 bits per heavy atom. The molecule has 3 rings (SSSR count). The molecule has 0 bridgehead atoms. The molecule has 0 amide bonds. The molecule has 0 saturated heterocycles. The average molecular weight is 281 g/mol. The average Bonchev–Trinajstić information content (AvgIpc) is 3.05. The third-order valence-corrected chi connectivity index (χ3v) is 3.21. The lowest BCUT2D eigenvalue weighted by Crippen LogP contribution is -1.95. The Hall–Kier alpha value is -2.66. The van der Waals surface area contributed by atoms with E-state index in [1.807, 2.05) is 48.5 Å². The monoisotopic (exact) mass is 281 g/mol. The van der Waals surface area contributed by atoms with Gasteiger partial charge in [0, 0.05) is 17.7 Å². The molecule has 0 aliphatic rings. The predicted molar refractivity (Wildman–Crippen MR) is 79.6 cm³/mol. The Labute approximate surface area is 122 Å². The maximum Gasteiger partial charge on any atom is 0.258 e. The normalized spacial score (nSPS) is 10.6. The summed E-state index contributed by atoms with van der Waals surface area (Å²) >= 11 is 0. The Morgan fingerprint density at radius 2 is 1.67 bits per heavy atom. The van der Waals surface area contributed by atoms with Crippen molar-refractivity contribution in [3.05, 3.63) is 54.1 Å². The van der Waals surface area contributed by atoms with Crippen LogP contribution in [0.2, 0.25) is 0 Å². The summed E-state index contributed by atoms with van der Waals surface area (Å²) in [6.07, 6.45) is 0. The molecule has 5 nitrogen and oxygen atoms in total. The van der Waals surface area contributed by atoms with E-state index in [4.69, 9.17) is 15.0 Å². The van der Waals surface area contributed by atoms with Crippen molar-refractivity contribution in [2.24, 2.45) is 5.73 Å². The Kier molecular flexibility index (Phi) is 3.66. The molecule has 0 spiro atoms. The largest absolute Gasteiger partial charge is 0.497 e. The SMILES string of the molecule is COc1ccc(-c2noc(-c3ccc(CN)cc3)n2)cc1. The van der Waals surface area contributed by atoms with Crippen LogP contribution in [0.4, 0.5) is 0 Å². The fraction of sp³-hybridized carbons (Fsp3) is 0.125. The van der Waals surface area contributed by atoms with E-state index in [9.17, 15) is 0 Å². The van der Waals surface area contributed by atoms with Crippen molar-refractivity contribution in [3.8, 4) is 28.6 Å². The number of nitrogens with two attached hydrogens (primary N) is 1. The van der Waals surface area contributed by atoms with E-state index in [0.29, 0.717) is 18.3 Å². The second-order valence-electron chi connectivity index (χ2n) is 4.55. The third kappa shape index (κ3) is 2.78. The van der Waals surface area contributed by atoms with Gasteiger partial charge in [0.15, 0.2) is 0 Å². The van der Waals surface area contributed by atoms with E-state index < -0.39 is 0 Å². The van der Waals surface area contributed by atoms with Crippen LogP contribution >= 0.6 is 0 Å². The molecular formula is C16H15N3O2. The first-order valence-electron chi connectivity index (χ1n) is 6.57. The minimum atomic E-state index is 0.490. The van der Waals surface area contributed by atoms with Gasteiger partial charge in [0.2, 0.25) is 5.82 Å². The first-order valence-corrected chi connectivity index (χ1v) is 6.57. The number of aromatic nitrogens is 2. The highest BCUT2D eigenvalue weighted by molar-refractivity contribution is 5.60. The van der Waals surface area contributed by atoms with Crippen molar-refractivity contribution >= 4 is 0 Å². The van der Waals surface area contributed by atoms with Crippen molar-refractivity contribution in [1.29, 1.82) is 0 Å². The number of benzene rings is 2. The molecule has 0 radical (unpaired) electrons. The van der Waals surface area contributed by atoms with Crippen LogP contribution in [0.25, 0.3) is 22.8 Å². The van der Waals surface area contributed by atoms with Gasteiger partial charge in [-0.1, -0.05) is 17.3 Å². The van der Waals surface area contributed by atoms with Crippen LogP contribution in [0.1, 0.15) is 5.56 Å². The second kappa shape index (κ2) is 5.76. The molecule has 106 valence electrons. The summed E-state index contributed by atoms with van der Waals surface area (Å²) in [6, 6.07) is 15.3. The van der Waals surface area contributed by atoms with Crippen LogP contribution in [0, 0.1) is 0 Å². The van der Waals surface area contributed by atoms with Gasteiger partial charge in [-0.2, -0.15) is 4.98 Å². The Morgan fingerprint density at radius 1 is 1.00 bits per heavy atom. The van der Waals surface area contributed by atoms with Crippen molar-refractivity contribution in [2.45, 2.75) is 6.54 Å². The maximum atomic E-state index is 5.58. The second-order valence-corrected chi connectivity index (χ2v) is 4.55. The number of hydrogen-bond acceptors (Lipinski definition) is 5. The number of hydrogen-bond donors (Lipinski definition) is 1. The van der Waals surface area contributed by atoms with Crippen molar-refractivity contribution in [2.75, 3.05) is 7.11 Å². The summed E-state index contributed by atoms with van der Waals surface area (Å²) in [5.41, 5.74) is 8.40. The highest BCUT2D eigenvalue weighted by atomic mass is 16.5. The van der Waals surface area contributed by atoms with Crippen LogP contribution < -0.4 is 10.5 Å². The van der Waals surface area contributed by atoms with E-state index in [1.54, 1.807) is 7.11 Å². The van der Waals surface area contributed by atoms with Crippen molar-refractivity contribution < 1.29 is 9.26 Å². The van der Waals surface area contributed by atoms with Gasteiger partial charge in [0.25, 0.3) is 5.89 Å². The number of nitrogens with zero attached hydrogens (tertiary/aromatic N) is 2. The lowest BCUT2D eigenvalue weighted by molar-refractivity contribution is 0.415. The molecule has 2 N–H and O–H groups in total. The van der Waals surface area contributed by atoms with Gasteiger partial charge < -0.3 is 15.0 Å². The molecule has 1 aromatic heterocycles.